The average molecular weight is 438 g/mol. The molecule has 2 N–H and O–H groups in total. The Bertz CT molecular complexity index is 1360. The number of nitrogens with zero attached hydrogens (tertiary/aromatic N) is 4. The molecule has 2 fully saturated rings. The Balaban J connectivity index is 1.19. The van der Waals surface area contributed by atoms with Crippen molar-refractivity contribution < 1.29 is 9.59 Å². The number of piperidine rings is 1. The smallest absolute Gasteiger partial charge is 0.313 e. The van der Waals surface area contributed by atoms with E-state index < -0.39 is 11.8 Å². The van der Waals surface area contributed by atoms with Crippen LogP contribution in [-0.4, -0.2) is 49.5 Å². The number of likely N-dealkylation sites (tertiary alicyclic amines) is 1. The Morgan fingerprint density at radius 1 is 1.00 bits per heavy atom. The fourth-order valence-electron chi connectivity index (χ4n) is 5.08. The van der Waals surface area contributed by atoms with Gasteiger partial charge in [0.2, 0.25) is 0 Å². The van der Waals surface area contributed by atoms with Crippen molar-refractivity contribution in [1.82, 2.24) is 25.1 Å². The van der Waals surface area contributed by atoms with Crippen LogP contribution in [0.4, 0.5) is 5.69 Å². The minimum Gasteiger partial charge on any atom is -0.331 e. The summed E-state index contributed by atoms with van der Waals surface area (Å²) in [6.07, 6.45) is 10.3. The summed E-state index contributed by atoms with van der Waals surface area (Å²) in [5, 5.41) is 10.7. The first-order valence-corrected chi connectivity index (χ1v) is 11.1. The number of carbonyl (C=O) groups excluding carboxylic acids is 2. The standard InChI is InChI=1S/C25H22N6O2/c32-24(25(33)31-14-15-1-6-20(31)9-15)29-19-4-2-16(3-5-19)17-10-18(12-26-11-17)21-7-8-27-23-22(21)13-28-30-23/h2-5,7-8,10-13,15,20H,1,6,9,14H2,(H,29,32)(H,27,28,30). The summed E-state index contributed by atoms with van der Waals surface area (Å²) in [7, 11) is 0. The quantitative estimate of drug-likeness (QED) is 0.475. The molecule has 33 heavy (non-hydrogen) atoms. The van der Waals surface area contributed by atoms with E-state index in [9.17, 15) is 9.59 Å². The van der Waals surface area contributed by atoms with E-state index in [0.717, 1.165) is 46.1 Å². The van der Waals surface area contributed by atoms with E-state index in [2.05, 4.69) is 31.5 Å². The van der Waals surface area contributed by atoms with Gasteiger partial charge in [0.05, 0.1) is 6.20 Å². The van der Waals surface area contributed by atoms with Gasteiger partial charge in [-0.3, -0.25) is 19.7 Å². The SMILES string of the molecule is O=C(Nc1ccc(-c2cncc(-c3ccnc4[nH]ncc34)c2)cc1)C(=O)N1CC2CCC1C2. The molecule has 6 rings (SSSR count). The van der Waals surface area contributed by atoms with Crippen LogP contribution in [0.2, 0.25) is 0 Å². The molecule has 4 aromatic rings. The first kappa shape index (κ1) is 19.6. The Kier molecular flexibility index (Phi) is 4.64. The van der Waals surface area contributed by atoms with Crippen molar-refractivity contribution in [2.24, 2.45) is 5.92 Å². The predicted molar refractivity (Wildman–Crippen MR) is 124 cm³/mol. The van der Waals surface area contributed by atoms with Crippen molar-refractivity contribution in [3.05, 3.63) is 61.2 Å². The number of nitrogens with one attached hydrogen (secondary N) is 2. The lowest BCUT2D eigenvalue weighted by Crippen LogP contribution is -2.44. The number of rotatable bonds is 3. The molecular weight excluding hydrogens is 416 g/mol. The molecular formula is C25H22N6O2. The van der Waals surface area contributed by atoms with Crippen LogP contribution < -0.4 is 5.32 Å². The third-order valence-electron chi connectivity index (χ3n) is 6.74. The lowest BCUT2D eigenvalue weighted by atomic mass is 10.0. The van der Waals surface area contributed by atoms with Gasteiger partial charge in [-0.05, 0) is 60.6 Å². The number of aromatic nitrogens is 4. The van der Waals surface area contributed by atoms with E-state index in [-0.39, 0.29) is 6.04 Å². The highest BCUT2D eigenvalue weighted by molar-refractivity contribution is 6.39. The number of fused-ring (bicyclic) bond motifs is 3. The van der Waals surface area contributed by atoms with Gasteiger partial charge in [0, 0.05) is 53.4 Å². The molecule has 2 atom stereocenters. The highest BCUT2D eigenvalue weighted by atomic mass is 16.2. The zero-order valence-electron chi connectivity index (χ0n) is 17.9. The van der Waals surface area contributed by atoms with Crippen molar-refractivity contribution in [2.75, 3.05) is 11.9 Å². The summed E-state index contributed by atoms with van der Waals surface area (Å²) >= 11 is 0. The number of anilines is 1. The number of carbonyl (C=O) groups is 2. The molecule has 0 radical (unpaired) electrons. The van der Waals surface area contributed by atoms with Crippen molar-refractivity contribution in [2.45, 2.75) is 25.3 Å². The topological polar surface area (TPSA) is 104 Å². The van der Waals surface area contributed by atoms with Gasteiger partial charge in [0.15, 0.2) is 5.65 Å². The highest BCUT2D eigenvalue weighted by Crippen LogP contribution is 2.37. The van der Waals surface area contributed by atoms with Crippen molar-refractivity contribution in [3.8, 4) is 22.3 Å². The first-order chi connectivity index (χ1) is 16.2. The Morgan fingerprint density at radius 2 is 1.85 bits per heavy atom. The van der Waals surface area contributed by atoms with Crippen LogP contribution in [-0.2, 0) is 9.59 Å². The number of amides is 2. The summed E-state index contributed by atoms with van der Waals surface area (Å²) in [4.78, 5) is 35.5. The summed E-state index contributed by atoms with van der Waals surface area (Å²) in [5.41, 5.74) is 5.20. The Hall–Kier alpha value is -4.07. The maximum Gasteiger partial charge on any atom is 0.313 e. The molecule has 3 aromatic heterocycles. The molecule has 2 aliphatic rings. The van der Waals surface area contributed by atoms with Crippen LogP contribution in [0.3, 0.4) is 0 Å². The van der Waals surface area contributed by atoms with Crippen LogP contribution in [0.1, 0.15) is 19.3 Å². The number of H-pyrrole nitrogens is 1. The molecule has 1 saturated carbocycles. The van der Waals surface area contributed by atoms with Crippen LogP contribution in [0.25, 0.3) is 33.3 Å². The van der Waals surface area contributed by atoms with Gasteiger partial charge in [-0.25, -0.2) is 4.98 Å². The maximum absolute atomic E-state index is 12.6. The monoisotopic (exact) mass is 438 g/mol. The lowest BCUT2D eigenvalue weighted by Gasteiger charge is -2.26. The van der Waals surface area contributed by atoms with Gasteiger partial charge in [-0.2, -0.15) is 5.10 Å². The van der Waals surface area contributed by atoms with E-state index in [4.69, 9.17) is 0 Å². The summed E-state index contributed by atoms with van der Waals surface area (Å²) in [5.74, 6) is -0.431. The number of aromatic amines is 1. The van der Waals surface area contributed by atoms with Gasteiger partial charge < -0.3 is 10.2 Å². The highest BCUT2D eigenvalue weighted by Gasteiger charge is 2.42. The number of benzene rings is 1. The first-order valence-electron chi connectivity index (χ1n) is 11.1. The molecule has 1 aliphatic carbocycles. The molecule has 2 bridgehead atoms. The van der Waals surface area contributed by atoms with E-state index in [0.29, 0.717) is 18.2 Å². The molecule has 8 heteroatoms. The molecule has 1 aliphatic heterocycles. The zero-order chi connectivity index (χ0) is 22.4. The number of hydrogen-bond donors (Lipinski definition) is 2. The third kappa shape index (κ3) is 3.53. The van der Waals surface area contributed by atoms with Crippen LogP contribution in [0.15, 0.2) is 61.2 Å². The van der Waals surface area contributed by atoms with Crippen LogP contribution in [0, 0.1) is 5.92 Å². The molecule has 4 heterocycles. The number of hydrogen-bond acceptors (Lipinski definition) is 5. The van der Waals surface area contributed by atoms with Crippen molar-refractivity contribution >= 4 is 28.5 Å². The second-order valence-electron chi connectivity index (χ2n) is 8.77. The van der Waals surface area contributed by atoms with Gasteiger partial charge in [-0.1, -0.05) is 12.1 Å². The fourth-order valence-corrected chi connectivity index (χ4v) is 5.08. The molecule has 1 saturated heterocycles. The van der Waals surface area contributed by atoms with Crippen molar-refractivity contribution in [1.29, 1.82) is 0 Å². The molecule has 164 valence electrons. The molecule has 2 amide bonds. The molecule has 8 nitrogen and oxygen atoms in total. The second kappa shape index (κ2) is 7.81. The fraction of sp³-hybridized carbons (Fsp3) is 0.240. The Labute approximate surface area is 190 Å². The van der Waals surface area contributed by atoms with E-state index in [1.165, 1.54) is 6.42 Å². The van der Waals surface area contributed by atoms with Gasteiger partial charge in [0.25, 0.3) is 0 Å². The lowest BCUT2D eigenvalue weighted by molar-refractivity contribution is -0.144. The van der Waals surface area contributed by atoms with Crippen LogP contribution >= 0.6 is 0 Å². The minimum absolute atomic E-state index is 0.235. The third-order valence-corrected chi connectivity index (χ3v) is 6.74. The van der Waals surface area contributed by atoms with E-state index in [1.807, 2.05) is 36.5 Å². The van der Waals surface area contributed by atoms with Crippen molar-refractivity contribution in [3.63, 3.8) is 0 Å². The largest absolute Gasteiger partial charge is 0.331 e. The second-order valence-corrected chi connectivity index (χ2v) is 8.77. The normalized spacial score (nSPS) is 19.2. The zero-order valence-corrected chi connectivity index (χ0v) is 17.9. The van der Waals surface area contributed by atoms with Gasteiger partial charge in [-0.15, -0.1) is 0 Å². The van der Waals surface area contributed by atoms with E-state index >= 15 is 0 Å². The molecule has 0 spiro atoms. The maximum atomic E-state index is 12.6. The average Bonchev–Trinajstić information content (AvgIpc) is 3.61. The van der Waals surface area contributed by atoms with Gasteiger partial charge in [0.1, 0.15) is 0 Å². The summed E-state index contributed by atoms with van der Waals surface area (Å²) in [6, 6.07) is 11.7. The predicted octanol–water partition coefficient (Wildman–Crippen LogP) is 3.64. The van der Waals surface area contributed by atoms with Gasteiger partial charge >= 0.3 is 11.8 Å². The van der Waals surface area contributed by atoms with E-state index in [1.54, 1.807) is 23.5 Å². The molecule has 1 aromatic carbocycles. The Morgan fingerprint density at radius 3 is 2.64 bits per heavy atom. The summed E-state index contributed by atoms with van der Waals surface area (Å²) in [6.45, 7) is 0.710. The number of pyridine rings is 2. The molecule has 2 unspecified atom stereocenters. The summed E-state index contributed by atoms with van der Waals surface area (Å²) < 4.78 is 0. The minimum atomic E-state index is -0.569. The van der Waals surface area contributed by atoms with Crippen LogP contribution in [0.5, 0.6) is 0 Å².